The van der Waals surface area contributed by atoms with Crippen LogP contribution in [0.2, 0.25) is 0 Å². The quantitative estimate of drug-likeness (QED) is 0.579. The van der Waals surface area contributed by atoms with Gasteiger partial charge in [-0.2, -0.15) is 26.3 Å². The van der Waals surface area contributed by atoms with Crippen LogP contribution in [-0.4, -0.2) is 97.0 Å². The Balaban J connectivity index is 1.88. The van der Waals surface area contributed by atoms with Crippen molar-refractivity contribution in [3.8, 4) is 0 Å². The first kappa shape index (κ1) is 29.3. The molecule has 0 aliphatic carbocycles. The number of piperazine rings is 1. The van der Waals surface area contributed by atoms with Gasteiger partial charge in [0.25, 0.3) is 5.60 Å². The van der Waals surface area contributed by atoms with Gasteiger partial charge < -0.3 is 24.4 Å². The molecule has 1 N–H and O–H groups in total. The molecule has 13 heteroatoms. The van der Waals surface area contributed by atoms with Crippen LogP contribution in [-0.2, 0) is 15.1 Å². The number of hydrogen-bond donors (Lipinski definition) is 1. The Kier molecular flexibility index (Phi) is 8.31. The fraction of sp³-hybridized carbons (Fsp3) is 0.708. The van der Waals surface area contributed by atoms with Gasteiger partial charge >= 0.3 is 18.4 Å². The lowest BCUT2D eigenvalue weighted by atomic mass is 9.92. The molecule has 0 radical (unpaired) electrons. The third kappa shape index (κ3) is 6.43. The first-order valence-electron chi connectivity index (χ1n) is 12.0. The van der Waals surface area contributed by atoms with Gasteiger partial charge in [-0.1, -0.05) is 12.1 Å². The summed E-state index contributed by atoms with van der Waals surface area (Å²) >= 11 is 0. The summed E-state index contributed by atoms with van der Waals surface area (Å²) in [6.07, 6.45) is -12.4. The molecule has 37 heavy (non-hydrogen) atoms. The third-order valence-electron chi connectivity index (χ3n) is 6.52. The Labute approximate surface area is 211 Å². The number of anilines is 1. The van der Waals surface area contributed by atoms with E-state index in [1.165, 1.54) is 0 Å². The lowest BCUT2D eigenvalue weighted by Gasteiger charge is -2.46. The lowest BCUT2D eigenvalue weighted by molar-refractivity contribution is -0.376. The average Bonchev–Trinajstić information content (AvgIpc) is 2.77. The minimum atomic E-state index is -5.96. The summed E-state index contributed by atoms with van der Waals surface area (Å²) in [5.41, 5.74) is -6.63. The average molecular weight is 542 g/mol. The largest absolute Gasteiger partial charge is 0.444 e. The number of rotatable bonds is 4. The second-order valence-electron chi connectivity index (χ2n) is 10.4. The number of aliphatic hydroxyl groups is 1. The molecule has 2 aliphatic heterocycles. The molecular formula is C24H33F6N3O4. The molecule has 7 nitrogen and oxygen atoms in total. The van der Waals surface area contributed by atoms with Crippen molar-refractivity contribution in [2.75, 3.05) is 50.8 Å². The van der Waals surface area contributed by atoms with Crippen molar-refractivity contribution in [2.24, 2.45) is 0 Å². The summed E-state index contributed by atoms with van der Waals surface area (Å²) < 4.78 is 90.7. The number of halogens is 6. The standard InChI is InChI=1S/C24H33F6N3O4/c1-16-15-36-12-11-31(16)13-19-14-32(20(34)37-21(2,3)4)9-10-33(19)18-7-5-17(6-8-18)22(35,23(25,26)27)24(28,29)30/h5-8,16,19,35H,9-15H2,1-4H3/t16-,19-/m0/s1. The van der Waals surface area contributed by atoms with Crippen LogP contribution in [0.3, 0.4) is 0 Å². The van der Waals surface area contributed by atoms with Gasteiger partial charge in [0.1, 0.15) is 5.60 Å². The SMILES string of the molecule is C[C@H]1COCCN1C[C@H]1CN(C(=O)OC(C)(C)C)CCN1c1ccc(C(O)(C(F)(F)F)C(F)(F)F)cc1. The Morgan fingerprint density at radius 3 is 2.14 bits per heavy atom. The van der Waals surface area contributed by atoms with E-state index in [9.17, 15) is 36.2 Å². The molecule has 1 aromatic carbocycles. The van der Waals surface area contributed by atoms with Crippen molar-refractivity contribution in [1.29, 1.82) is 0 Å². The van der Waals surface area contributed by atoms with Crippen LogP contribution >= 0.6 is 0 Å². The summed E-state index contributed by atoms with van der Waals surface area (Å²) in [7, 11) is 0. The number of benzene rings is 1. The third-order valence-corrected chi connectivity index (χ3v) is 6.52. The molecule has 2 fully saturated rings. The highest BCUT2D eigenvalue weighted by Gasteiger charge is 2.71. The van der Waals surface area contributed by atoms with E-state index in [1.807, 2.05) is 11.8 Å². The predicted octanol–water partition coefficient (Wildman–Crippen LogP) is 4.15. The summed E-state index contributed by atoms with van der Waals surface area (Å²) in [4.78, 5) is 18.3. The highest BCUT2D eigenvalue weighted by Crippen LogP contribution is 2.50. The van der Waals surface area contributed by atoms with Crippen LogP contribution in [0.4, 0.5) is 36.8 Å². The van der Waals surface area contributed by atoms with Gasteiger partial charge in [0.2, 0.25) is 0 Å². The van der Waals surface area contributed by atoms with Crippen molar-refractivity contribution in [2.45, 2.75) is 63.3 Å². The molecule has 1 amide bonds. The monoisotopic (exact) mass is 541 g/mol. The van der Waals surface area contributed by atoms with E-state index in [4.69, 9.17) is 9.47 Å². The van der Waals surface area contributed by atoms with Crippen molar-refractivity contribution in [3.05, 3.63) is 29.8 Å². The van der Waals surface area contributed by atoms with E-state index >= 15 is 0 Å². The number of carbonyl (C=O) groups excluding carboxylic acids is 1. The van der Waals surface area contributed by atoms with E-state index < -0.39 is 35.2 Å². The maximum absolute atomic E-state index is 13.3. The molecule has 1 aromatic rings. The summed E-state index contributed by atoms with van der Waals surface area (Å²) in [6.45, 7) is 10.2. The Bertz CT molecular complexity index is 918. The summed E-state index contributed by atoms with van der Waals surface area (Å²) in [5, 5.41) is 9.70. The highest BCUT2D eigenvalue weighted by atomic mass is 19.4. The van der Waals surface area contributed by atoms with Gasteiger partial charge in [0.15, 0.2) is 0 Å². The molecular weight excluding hydrogens is 508 g/mol. The number of morpholine rings is 1. The number of amides is 1. The van der Waals surface area contributed by atoms with E-state index in [2.05, 4.69) is 4.90 Å². The van der Waals surface area contributed by atoms with Gasteiger partial charge in [0, 0.05) is 50.0 Å². The predicted molar refractivity (Wildman–Crippen MR) is 123 cm³/mol. The molecule has 2 atom stereocenters. The number of carbonyl (C=O) groups is 1. The molecule has 0 unspecified atom stereocenters. The Morgan fingerprint density at radius 1 is 1.03 bits per heavy atom. The number of ether oxygens (including phenoxy) is 2. The number of nitrogens with zero attached hydrogens (tertiary/aromatic N) is 3. The van der Waals surface area contributed by atoms with Gasteiger partial charge in [-0.15, -0.1) is 0 Å². The topological polar surface area (TPSA) is 65.5 Å². The number of alkyl halides is 6. The molecule has 0 aromatic heterocycles. The smallest absolute Gasteiger partial charge is 0.430 e. The van der Waals surface area contributed by atoms with Gasteiger partial charge in [-0.25, -0.2) is 4.79 Å². The van der Waals surface area contributed by atoms with Crippen LogP contribution in [0, 0.1) is 0 Å². The molecule has 210 valence electrons. The minimum Gasteiger partial charge on any atom is -0.444 e. The summed E-state index contributed by atoms with van der Waals surface area (Å²) in [6, 6.07) is 3.32. The van der Waals surface area contributed by atoms with Crippen LogP contribution in [0.15, 0.2) is 24.3 Å². The van der Waals surface area contributed by atoms with Crippen molar-refractivity contribution >= 4 is 11.8 Å². The maximum atomic E-state index is 13.3. The van der Waals surface area contributed by atoms with Gasteiger partial charge in [0.05, 0.1) is 19.3 Å². The molecule has 2 heterocycles. The lowest BCUT2D eigenvalue weighted by Crippen LogP contribution is -2.60. The van der Waals surface area contributed by atoms with Crippen LogP contribution < -0.4 is 4.90 Å². The Morgan fingerprint density at radius 2 is 1.62 bits per heavy atom. The van der Waals surface area contributed by atoms with Crippen molar-refractivity contribution in [3.63, 3.8) is 0 Å². The molecule has 0 spiro atoms. The van der Waals surface area contributed by atoms with E-state index in [-0.39, 0.29) is 31.7 Å². The molecule has 0 bridgehead atoms. The zero-order valence-corrected chi connectivity index (χ0v) is 21.2. The summed E-state index contributed by atoms with van der Waals surface area (Å²) in [5.74, 6) is 0. The van der Waals surface area contributed by atoms with Gasteiger partial charge in [-0.05, 0) is 39.8 Å². The second kappa shape index (κ2) is 10.5. The molecule has 0 saturated carbocycles. The maximum Gasteiger partial charge on any atom is 0.430 e. The zero-order chi connectivity index (χ0) is 27.8. The van der Waals surface area contributed by atoms with E-state index in [0.29, 0.717) is 44.1 Å². The fourth-order valence-electron chi connectivity index (χ4n) is 4.53. The Hall–Kier alpha value is -2.25. The normalized spacial score (nSPS) is 22.8. The molecule has 2 aliphatic rings. The molecule has 2 saturated heterocycles. The minimum absolute atomic E-state index is 0.0865. The van der Waals surface area contributed by atoms with Crippen molar-refractivity contribution < 1.29 is 45.7 Å². The van der Waals surface area contributed by atoms with Crippen LogP contribution in [0.5, 0.6) is 0 Å². The number of hydrogen-bond acceptors (Lipinski definition) is 6. The first-order chi connectivity index (χ1) is 16.9. The van der Waals surface area contributed by atoms with Crippen LogP contribution in [0.1, 0.15) is 33.3 Å². The second-order valence-corrected chi connectivity index (χ2v) is 10.4. The van der Waals surface area contributed by atoms with E-state index in [1.54, 1.807) is 25.7 Å². The van der Waals surface area contributed by atoms with E-state index in [0.717, 1.165) is 12.1 Å². The molecule has 3 rings (SSSR count). The fourth-order valence-corrected chi connectivity index (χ4v) is 4.53. The van der Waals surface area contributed by atoms with Crippen molar-refractivity contribution in [1.82, 2.24) is 9.80 Å². The highest BCUT2D eigenvalue weighted by molar-refractivity contribution is 5.69. The first-order valence-corrected chi connectivity index (χ1v) is 12.0. The zero-order valence-electron chi connectivity index (χ0n) is 21.2. The van der Waals surface area contributed by atoms with Crippen LogP contribution in [0.25, 0.3) is 0 Å². The van der Waals surface area contributed by atoms with Gasteiger partial charge in [-0.3, -0.25) is 4.90 Å².